The predicted molar refractivity (Wildman–Crippen MR) is 115 cm³/mol. The second-order valence-corrected chi connectivity index (χ2v) is 6.88. The third-order valence-electron chi connectivity index (χ3n) is 3.98. The molecular weight excluding hydrogens is 382 g/mol. The van der Waals surface area contributed by atoms with Crippen LogP contribution in [0.15, 0.2) is 54.1 Å². The average molecular weight is 407 g/mol. The monoisotopic (exact) mass is 407 g/mol. The van der Waals surface area contributed by atoms with Gasteiger partial charge in [-0.05, 0) is 41.8 Å². The molecule has 2 aromatic carbocycles. The summed E-state index contributed by atoms with van der Waals surface area (Å²) in [5, 5.41) is 14.7. The molecule has 0 aliphatic carbocycles. The van der Waals surface area contributed by atoms with Crippen molar-refractivity contribution in [3.05, 3.63) is 59.7 Å². The smallest absolute Gasteiger partial charge is 0.262 e. The molecule has 0 aliphatic heterocycles. The molecule has 0 unspecified atom stereocenters. The largest absolute Gasteiger partial charge is 0.495 e. The molecule has 0 aliphatic rings. The number of nitrogens with one attached hydrogen (secondary N) is 2. The molecule has 0 spiro atoms. The van der Waals surface area contributed by atoms with E-state index >= 15 is 0 Å². The second kappa shape index (κ2) is 11.3. The first-order valence-electron chi connectivity index (χ1n) is 9.48. The zero-order valence-corrected chi connectivity index (χ0v) is 17.3. The van der Waals surface area contributed by atoms with Crippen LogP contribution in [0.1, 0.15) is 19.4 Å². The average Bonchev–Trinajstić information content (AvgIpc) is 2.75. The SMILES string of the molecule is COc1ccccc1NC(=O)COc1ccc(/C=C(\C#N)C(=O)NCC(C)C)cc1. The lowest BCUT2D eigenvalue weighted by molar-refractivity contribution is -0.118. The van der Waals surface area contributed by atoms with E-state index in [0.29, 0.717) is 35.2 Å². The van der Waals surface area contributed by atoms with Gasteiger partial charge in [0.25, 0.3) is 11.8 Å². The number of rotatable bonds is 9. The van der Waals surface area contributed by atoms with E-state index in [2.05, 4.69) is 10.6 Å². The molecule has 0 aromatic heterocycles. The number of ether oxygens (including phenoxy) is 2. The van der Waals surface area contributed by atoms with Gasteiger partial charge < -0.3 is 20.1 Å². The van der Waals surface area contributed by atoms with E-state index in [9.17, 15) is 14.9 Å². The second-order valence-electron chi connectivity index (χ2n) is 6.88. The molecule has 0 fully saturated rings. The number of methoxy groups -OCH3 is 1. The molecule has 0 saturated heterocycles. The molecule has 7 nitrogen and oxygen atoms in total. The summed E-state index contributed by atoms with van der Waals surface area (Å²) in [6.45, 7) is 4.28. The minimum Gasteiger partial charge on any atom is -0.495 e. The lowest BCUT2D eigenvalue weighted by Crippen LogP contribution is -2.28. The number of para-hydroxylation sites is 2. The van der Waals surface area contributed by atoms with E-state index in [-0.39, 0.29) is 18.1 Å². The van der Waals surface area contributed by atoms with Crippen LogP contribution in [0.4, 0.5) is 5.69 Å². The molecule has 2 N–H and O–H groups in total. The Morgan fingerprint density at radius 3 is 2.47 bits per heavy atom. The van der Waals surface area contributed by atoms with Crippen molar-refractivity contribution in [3.8, 4) is 17.6 Å². The minimum atomic E-state index is -0.403. The quantitative estimate of drug-likeness (QED) is 0.490. The van der Waals surface area contributed by atoms with Crippen molar-refractivity contribution >= 4 is 23.6 Å². The summed E-state index contributed by atoms with van der Waals surface area (Å²) in [5.74, 6) is 0.625. The fraction of sp³-hybridized carbons (Fsp3) is 0.261. The maximum Gasteiger partial charge on any atom is 0.262 e. The molecule has 0 saturated carbocycles. The maximum atomic E-state index is 12.1. The Labute approximate surface area is 176 Å². The van der Waals surface area contributed by atoms with Crippen molar-refractivity contribution in [2.24, 2.45) is 5.92 Å². The number of nitriles is 1. The molecule has 0 atom stereocenters. The van der Waals surface area contributed by atoms with Crippen LogP contribution < -0.4 is 20.1 Å². The topological polar surface area (TPSA) is 100 Å². The van der Waals surface area contributed by atoms with Gasteiger partial charge in [-0.2, -0.15) is 5.26 Å². The highest BCUT2D eigenvalue weighted by Gasteiger charge is 2.10. The first-order valence-corrected chi connectivity index (χ1v) is 9.48. The number of nitrogens with zero attached hydrogens (tertiary/aromatic N) is 1. The lowest BCUT2D eigenvalue weighted by atomic mass is 10.1. The van der Waals surface area contributed by atoms with Crippen molar-refractivity contribution in [2.45, 2.75) is 13.8 Å². The molecule has 2 aromatic rings. The summed E-state index contributed by atoms with van der Waals surface area (Å²) in [6.07, 6.45) is 1.51. The number of benzene rings is 2. The molecule has 0 bridgehead atoms. The van der Waals surface area contributed by atoms with E-state index in [1.54, 1.807) is 42.5 Å². The lowest BCUT2D eigenvalue weighted by Gasteiger charge is -2.10. The maximum absolute atomic E-state index is 12.1. The Morgan fingerprint density at radius 1 is 1.13 bits per heavy atom. The summed E-state index contributed by atoms with van der Waals surface area (Å²) in [5.41, 5.74) is 1.27. The number of hydrogen-bond acceptors (Lipinski definition) is 5. The van der Waals surface area contributed by atoms with Gasteiger partial charge in [0.2, 0.25) is 0 Å². The number of hydrogen-bond donors (Lipinski definition) is 2. The fourth-order valence-corrected chi connectivity index (χ4v) is 2.45. The Bertz CT molecular complexity index is 944. The van der Waals surface area contributed by atoms with Crippen molar-refractivity contribution in [3.63, 3.8) is 0 Å². The van der Waals surface area contributed by atoms with Gasteiger partial charge >= 0.3 is 0 Å². The van der Waals surface area contributed by atoms with E-state index in [1.807, 2.05) is 26.0 Å². The third-order valence-corrected chi connectivity index (χ3v) is 3.98. The van der Waals surface area contributed by atoms with Gasteiger partial charge in [0.15, 0.2) is 6.61 Å². The van der Waals surface area contributed by atoms with Crippen LogP contribution in [0.25, 0.3) is 6.08 Å². The Kier molecular flexibility index (Phi) is 8.45. The van der Waals surface area contributed by atoms with Crippen LogP contribution in [0.2, 0.25) is 0 Å². The summed E-state index contributed by atoms with van der Waals surface area (Å²) >= 11 is 0. The van der Waals surface area contributed by atoms with Crippen molar-refractivity contribution in [1.82, 2.24) is 5.32 Å². The highest BCUT2D eigenvalue weighted by Crippen LogP contribution is 2.23. The van der Waals surface area contributed by atoms with Crippen molar-refractivity contribution in [2.75, 3.05) is 25.6 Å². The zero-order valence-electron chi connectivity index (χ0n) is 17.3. The van der Waals surface area contributed by atoms with Crippen LogP contribution in [0.3, 0.4) is 0 Å². The molecule has 0 heterocycles. The third kappa shape index (κ3) is 6.99. The van der Waals surface area contributed by atoms with Gasteiger partial charge in [0.1, 0.15) is 23.1 Å². The number of anilines is 1. The zero-order chi connectivity index (χ0) is 21.9. The Morgan fingerprint density at radius 2 is 1.83 bits per heavy atom. The highest BCUT2D eigenvalue weighted by molar-refractivity contribution is 6.01. The molecule has 7 heteroatoms. The number of carbonyl (C=O) groups is 2. The van der Waals surface area contributed by atoms with Crippen LogP contribution in [0.5, 0.6) is 11.5 Å². The minimum absolute atomic E-state index is 0.0282. The Hall–Kier alpha value is -3.79. The standard InChI is InChI=1S/C23H25N3O4/c1-16(2)14-25-23(28)18(13-24)12-17-8-10-19(11-9-17)30-15-22(27)26-20-6-4-5-7-21(20)29-3/h4-12,16H,14-15H2,1-3H3,(H,25,28)(H,26,27)/b18-12+. The van der Waals surface area contributed by atoms with Crippen LogP contribution in [-0.4, -0.2) is 32.1 Å². The molecular formula is C23H25N3O4. The van der Waals surface area contributed by atoms with E-state index < -0.39 is 5.91 Å². The highest BCUT2D eigenvalue weighted by atomic mass is 16.5. The number of carbonyl (C=O) groups excluding carboxylic acids is 2. The molecule has 30 heavy (non-hydrogen) atoms. The van der Waals surface area contributed by atoms with Gasteiger partial charge in [-0.15, -0.1) is 0 Å². The fourth-order valence-electron chi connectivity index (χ4n) is 2.45. The Balaban J connectivity index is 1.93. The van der Waals surface area contributed by atoms with Crippen LogP contribution >= 0.6 is 0 Å². The predicted octanol–water partition coefficient (Wildman–Crippen LogP) is 3.39. The normalized spacial score (nSPS) is 10.8. The van der Waals surface area contributed by atoms with Gasteiger partial charge in [0.05, 0.1) is 12.8 Å². The number of amides is 2. The molecule has 0 radical (unpaired) electrons. The summed E-state index contributed by atoms with van der Waals surface area (Å²) < 4.78 is 10.7. The first kappa shape index (κ1) is 22.5. The summed E-state index contributed by atoms with van der Waals surface area (Å²) in [7, 11) is 1.53. The van der Waals surface area contributed by atoms with Crippen molar-refractivity contribution in [1.29, 1.82) is 5.26 Å². The van der Waals surface area contributed by atoms with E-state index in [0.717, 1.165) is 0 Å². The summed E-state index contributed by atoms with van der Waals surface area (Å²) in [4.78, 5) is 24.2. The van der Waals surface area contributed by atoms with Crippen LogP contribution in [0, 0.1) is 17.2 Å². The molecule has 2 rings (SSSR count). The van der Waals surface area contributed by atoms with Gasteiger partial charge in [-0.3, -0.25) is 9.59 Å². The van der Waals surface area contributed by atoms with E-state index in [1.165, 1.54) is 13.2 Å². The van der Waals surface area contributed by atoms with Gasteiger partial charge in [0, 0.05) is 6.54 Å². The van der Waals surface area contributed by atoms with Gasteiger partial charge in [-0.1, -0.05) is 38.1 Å². The molecule has 2 amide bonds. The van der Waals surface area contributed by atoms with E-state index in [4.69, 9.17) is 9.47 Å². The van der Waals surface area contributed by atoms with Crippen LogP contribution in [-0.2, 0) is 9.59 Å². The van der Waals surface area contributed by atoms with Crippen molar-refractivity contribution < 1.29 is 19.1 Å². The summed E-state index contributed by atoms with van der Waals surface area (Å²) in [6, 6.07) is 15.8. The first-order chi connectivity index (χ1) is 14.4. The molecule has 156 valence electrons. The van der Waals surface area contributed by atoms with Gasteiger partial charge in [-0.25, -0.2) is 0 Å².